The van der Waals surface area contributed by atoms with Crippen LogP contribution < -0.4 is 15.4 Å². The third kappa shape index (κ3) is 6.15. The van der Waals surface area contributed by atoms with Crippen LogP contribution >= 0.6 is 11.3 Å². The number of amides is 2. The van der Waals surface area contributed by atoms with Crippen LogP contribution in [0.5, 0.6) is 11.5 Å². The second-order valence-electron chi connectivity index (χ2n) is 9.79. The molecule has 0 radical (unpaired) electrons. The molecule has 0 atom stereocenters. The lowest BCUT2D eigenvalue weighted by molar-refractivity contribution is 0.0201. The van der Waals surface area contributed by atoms with Gasteiger partial charge in [0.2, 0.25) is 0 Å². The topological polar surface area (TPSA) is 98.0 Å². The number of ether oxygens (including phenoxy) is 2. The number of aromatic nitrogens is 1. The zero-order valence-corrected chi connectivity index (χ0v) is 21.9. The van der Waals surface area contributed by atoms with Crippen LogP contribution in [-0.2, 0) is 4.74 Å². The Bertz CT molecular complexity index is 1200. The van der Waals surface area contributed by atoms with Gasteiger partial charge in [-0.1, -0.05) is 29.5 Å². The highest BCUT2D eigenvalue weighted by Gasteiger charge is 2.30. The Hall–Kier alpha value is -3.59. The first kappa shape index (κ1) is 25.5. The van der Waals surface area contributed by atoms with Gasteiger partial charge in [-0.25, -0.2) is 9.78 Å². The van der Waals surface area contributed by atoms with E-state index in [1.54, 1.807) is 11.9 Å². The minimum atomic E-state index is -0.527. The number of primary amides is 1. The Balaban J connectivity index is 1.45. The number of thiazole rings is 1. The summed E-state index contributed by atoms with van der Waals surface area (Å²) in [4.78, 5) is 33.7. The highest BCUT2D eigenvalue weighted by Crippen LogP contribution is 2.35. The van der Waals surface area contributed by atoms with Gasteiger partial charge >= 0.3 is 6.09 Å². The third-order valence-corrected chi connectivity index (χ3v) is 7.04. The van der Waals surface area contributed by atoms with Gasteiger partial charge in [-0.15, -0.1) is 0 Å². The van der Waals surface area contributed by atoms with E-state index in [9.17, 15) is 9.59 Å². The maximum absolute atomic E-state index is 12.4. The number of carbonyl (C=O) groups is 2. The summed E-state index contributed by atoms with van der Waals surface area (Å²) in [6, 6.07) is 17.1. The number of piperidine rings is 1. The van der Waals surface area contributed by atoms with Crippen molar-refractivity contribution >= 4 is 28.5 Å². The fourth-order valence-corrected chi connectivity index (χ4v) is 5.03. The molecule has 190 valence electrons. The molecule has 1 saturated heterocycles. The first-order valence-electron chi connectivity index (χ1n) is 12.0. The van der Waals surface area contributed by atoms with Crippen molar-refractivity contribution in [3.05, 3.63) is 59.5 Å². The number of hydrogen-bond acceptors (Lipinski definition) is 7. The van der Waals surface area contributed by atoms with E-state index in [-0.39, 0.29) is 12.1 Å². The Morgan fingerprint density at radius 3 is 2.22 bits per heavy atom. The molecule has 4 rings (SSSR count). The van der Waals surface area contributed by atoms with Crippen LogP contribution in [0.4, 0.5) is 9.93 Å². The van der Waals surface area contributed by atoms with Crippen LogP contribution in [0.25, 0.3) is 11.3 Å². The molecule has 1 aliphatic heterocycles. The van der Waals surface area contributed by atoms with Gasteiger partial charge in [0.05, 0.1) is 5.69 Å². The predicted molar refractivity (Wildman–Crippen MR) is 142 cm³/mol. The van der Waals surface area contributed by atoms with Crippen LogP contribution in [-0.4, -0.2) is 53.7 Å². The van der Waals surface area contributed by atoms with E-state index in [2.05, 4.69) is 4.90 Å². The first-order chi connectivity index (χ1) is 17.1. The monoisotopic (exact) mass is 508 g/mol. The first-order valence-corrected chi connectivity index (χ1v) is 12.8. The third-order valence-electron chi connectivity index (χ3n) is 5.91. The van der Waals surface area contributed by atoms with Crippen LogP contribution in [0, 0.1) is 0 Å². The minimum absolute atomic E-state index is 0.0864. The van der Waals surface area contributed by atoms with E-state index >= 15 is 0 Å². The number of hydrogen-bond donors (Lipinski definition) is 1. The van der Waals surface area contributed by atoms with Gasteiger partial charge in [-0.3, -0.25) is 4.79 Å². The van der Waals surface area contributed by atoms with Crippen molar-refractivity contribution in [2.75, 3.05) is 25.0 Å². The number of carbonyl (C=O) groups excluding carboxylic acids is 2. The average molecular weight is 509 g/mol. The average Bonchev–Trinajstić information content (AvgIpc) is 3.30. The molecule has 2 N–H and O–H groups in total. The normalized spacial score (nSPS) is 14.4. The van der Waals surface area contributed by atoms with Gasteiger partial charge < -0.3 is 25.0 Å². The molecular formula is C27H32N4O4S. The van der Waals surface area contributed by atoms with Gasteiger partial charge in [0.15, 0.2) is 5.13 Å². The zero-order valence-electron chi connectivity index (χ0n) is 21.1. The molecule has 0 unspecified atom stereocenters. The fourth-order valence-electron chi connectivity index (χ4n) is 4.04. The van der Waals surface area contributed by atoms with Crippen LogP contribution in [0.15, 0.2) is 54.6 Å². The van der Waals surface area contributed by atoms with Crippen molar-refractivity contribution in [2.45, 2.75) is 45.3 Å². The van der Waals surface area contributed by atoms with Gasteiger partial charge in [-0.2, -0.15) is 0 Å². The van der Waals surface area contributed by atoms with Gasteiger partial charge in [-0.05, 0) is 70.0 Å². The van der Waals surface area contributed by atoms with Crippen molar-refractivity contribution in [1.82, 2.24) is 9.88 Å². The molecule has 0 aliphatic carbocycles. The number of rotatable bonds is 6. The summed E-state index contributed by atoms with van der Waals surface area (Å²) >= 11 is 1.30. The lowest BCUT2D eigenvalue weighted by atomic mass is 10.0. The molecule has 1 aromatic heterocycles. The van der Waals surface area contributed by atoms with Crippen molar-refractivity contribution < 1.29 is 19.1 Å². The fraction of sp³-hybridized carbons (Fsp3) is 0.370. The molecule has 1 fully saturated rings. The Labute approximate surface area is 215 Å². The number of nitrogens with two attached hydrogens (primary N) is 1. The van der Waals surface area contributed by atoms with Gasteiger partial charge in [0, 0.05) is 31.7 Å². The van der Waals surface area contributed by atoms with Crippen molar-refractivity contribution in [3.63, 3.8) is 0 Å². The van der Waals surface area contributed by atoms with Crippen LogP contribution in [0.1, 0.15) is 43.3 Å². The summed E-state index contributed by atoms with van der Waals surface area (Å²) in [5.41, 5.74) is 6.54. The molecule has 3 aromatic rings. The number of anilines is 1. The number of benzene rings is 2. The summed E-state index contributed by atoms with van der Waals surface area (Å²) in [5.74, 6) is 0.940. The standard InChI is InChI=1S/C27H32N4O4S/c1-27(2,3)35-26(33)30(4)19-14-16-31(17-15-19)25-29-22(23(36-25)24(28)32)18-10-12-21(13-11-18)34-20-8-6-5-7-9-20/h5-13,19H,14-17H2,1-4H3,(H2,28,32). The molecule has 1 aliphatic rings. The number of nitrogens with zero attached hydrogens (tertiary/aromatic N) is 3. The molecule has 8 nitrogen and oxygen atoms in total. The highest BCUT2D eigenvalue weighted by atomic mass is 32.1. The van der Waals surface area contributed by atoms with E-state index in [0.717, 1.165) is 29.3 Å². The maximum atomic E-state index is 12.4. The Morgan fingerprint density at radius 1 is 1.03 bits per heavy atom. The second kappa shape index (κ2) is 10.6. The summed E-state index contributed by atoms with van der Waals surface area (Å²) < 4.78 is 11.4. The summed E-state index contributed by atoms with van der Waals surface area (Å²) in [7, 11) is 1.78. The predicted octanol–water partition coefficient (Wildman–Crippen LogP) is 5.54. The lowest BCUT2D eigenvalue weighted by Crippen LogP contribution is -2.47. The molecule has 2 heterocycles. The molecule has 0 bridgehead atoms. The molecule has 2 amide bonds. The zero-order chi connectivity index (χ0) is 25.9. The summed E-state index contributed by atoms with van der Waals surface area (Å²) in [5, 5.41) is 0.752. The Morgan fingerprint density at radius 2 is 1.64 bits per heavy atom. The van der Waals surface area contributed by atoms with Crippen molar-refractivity contribution in [3.8, 4) is 22.8 Å². The largest absolute Gasteiger partial charge is 0.457 e. The van der Waals surface area contributed by atoms with Gasteiger partial charge in [0.1, 0.15) is 22.0 Å². The molecule has 9 heteroatoms. The number of para-hydroxylation sites is 1. The molecule has 36 heavy (non-hydrogen) atoms. The summed E-state index contributed by atoms with van der Waals surface area (Å²) in [6.07, 6.45) is 1.25. The smallest absolute Gasteiger partial charge is 0.410 e. The highest BCUT2D eigenvalue weighted by molar-refractivity contribution is 7.18. The molecular weight excluding hydrogens is 476 g/mol. The second-order valence-corrected chi connectivity index (χ2v) is 10.8. The SMILES string of the molecule is CN(C(=O)OC(C)(C)C)C1CCN(c2nc(-c3ccc(Oc4ccccc4)cc3)c(C(N)=O)s2)CC1. The summed E-state index contributed by atoms with van der Waals surface area (Å²) in [6.45, 7) is 7.02. The molecule has 0 spiro atoms. The van der Waals surface area contributed by atoms with Crippen molar-refractivity contribution in [2.24, 2.45) is 5.73 Å². The Kier molecular flexibility index (Phi) is 7.49. The minimum Gasteiger partial charge on any atom is -0.457 e. The quantitative estimate of drug-likeness (QED) is 0.470. The van der Waals surface area contributed by atoms with E-state index in [4.69, 9.17) is 20.2 Å². The van der Waals surface area contributed by atoms with Gasteiger partial charge in [0.25, 0.3) is 5.91 Å². The molecule has 2 aromatic carbocycles. The van der Waals surface area contributed by atoms with E-state index < -0.39 is 11.5 Å². The maximum Gasteiger partial charge on any atom is 0.410 e. The van der Waals surface area contributed by atoms with Crippen molar-refractivity contribution in [1.29, 1.82) is 0 Å². The lowest BCUT2D eigenvalue weighted by Gasteiger charge is -2.37. The molecule has 0 saturated carbocycles. The van der Waals surface area contributed by atoms with E-state index in [1.165, 1.54) is 11.3 Å². The van der Waals surface area contributed by atoms with Crippen LogP contribution in [0.3, 0.4) is 0 Å². The van der Waals surface area contributed by atoms with Crippen LogP contribution in [0.2, 0.25) is 0 Å². The van der Waals surface area contributed by atoms with E-state index in [1.807, 2.05) is 75.4 Å². The van der Waals surface area contributed by atoms with E-state index in [0.29, 0.717) is 29.4 Å².